The highest BCUT2D eigenvalue weighted by Gasteiger charge is 2.32. The Morgan fingerprint density at radius 1 is 1.32 bits per heavy atom. The quantitative estimate of drug-likeness (QED) is 0.757. The highest BCUT2D eigenvalue weighted by Crippen LogP contribution is 2.17. The Balaban J connectivity index is 1.83. The standard InChI is InChI=1S/C14H21N3O2/c15-11-14(6-8-16-9-7-14)17-13(18)19-10-12-4-2-1-3-5-12/h1-5,16H,6-11,15H2,(H,17,18). The molecule has 0 radical (unpaired) electrons. The second kappa shape index (κ2) is 6.54. The summed E-state index contributed by atoms with van der Waals surface area (Å²) in [6.45, 7) is 2.47. The van der Waals surface area contributed by atoms with E-state index in [-0.39, 0.29) is 12.1 Å². The minimum absolute atomic E-state index is 0.283. The van der Waals surface area contributed by atoms with E-state index >= 15 is 0 Å². The van der Waals surface area contributed by atoms with Crippen molar-refractivity contribution in [2.75, 3.05) is 19.6 Å². The number of piperidine rings is 1. The largest absolute Gasteiger partial charge is 0.445 e. The summed E-state index contributed by atoms with van der Waals surface area (Å²) < 4.78 is 5.23. The van der Waals surface area contributed by atoms with Crippen LogP contribution < -0.4 is 16.4 Å². The molecule has 104 valence electrons. The molecule has 1 aromatic rings. The molecular formula is C14H21N3O2. The zero-order chi connectivity index (χ0) is 13.6. The number of hydrogen-bond donors (Lipinski definition) is 3. The molecule has 0 unspecified atom stereocenters. The van der Waals surface area contributed by atoms with E-state index in [4.69, 9.17) is 10.5 Å². The molecular weight excluding hydrogens is 242 g/mol. The van der Waals surface area contributed by atoms with Gasteiger partial charge in [0.15, 0.2) is 0 Å². The van der Waals surface area contributed by atoms with Gasteiger partial charge in [-0.3, -0.25) is 0 Å². The lowest BCUT2D eigenvalue weighted by Gasteiger charge is -2.36. The second-order valence-electron chi connectivity index (χ2n) is 4.92. The molecule has 0 bridgehead atoms. The van der Waals surface area contributed by atoms with E-state index in [9.17, 15) is 4.79 Å². The van der Waals surface area contributed by atoms with E-state index in [1.807, 2.05) is 30.3 Å². The lowest BCUT2D eigenvalue weighted by molar-refractivity contribution is 0.120. The van der Waals surface area contributed by atoms with Crippen LogP contribution in [0.2, 0.25) is 0 Å². The predicted molar refractivity (Wildman–Crippen MR) is 73.7 cm³/mol. The summed E-state index contributed by atoms with van der Waals surface area (Å²) in [5.41, 5.74) is 6.45. The minimum Gasteiger partial charge on any atom is -0.445 e. The second-order valence-corrected chi connectivity index (χ2v) is 4.92. The van der Waals surface area contributed by atoms with Gasteiger partial charge in [-0.1, -0.05) is 30.3 Å². The Morgan fingerprint density at radius 3 is 2.63 bits per heavy atom. The van der Waals surface area contributed by atoms with Crippen molar-refractivity contribution in [3.63, 3.8) is 0 Å². The highest BCUT2D eigenvalue weighted by molar-refractivity contribution is 5.68. The number of benzene rings is 1. The third kappa shape index (κ3) is 3.94. The van der Waals surface area contributed by atoms with Crippen LogP contribution in [0.15, 0.2) is 30.3 Å². The number of carbonyl (C=O) groups is 1. The van der Waals surface area contributed by atoms with Crippen molar-refractivity contribution in [1.29, 1.82) is 0 Å². The average Bonchev–Trinajstić information content (AvgIpc) is 2.47. The molecule has 2 rings (SSSR count). The van der Waals surface area contributed by atoms with Crippen LogP contribution in [-0.2, 0) is 11.3 Å². The van der Waals surface area contributed by atoms with E-state index in [0.717, 1.165) is 31.5 Å². The number of alkyl carbamates (subject to hydrolysis) is 1. The first kappa shape index (κ1) is 13.8. The van der Waals surface area contributed by atoms with Crippen LogP contribution in [0.1, 0.15) is 18.4 Å². The van der Waals surface area contributed by atoms with E-state index in [1.54, 1.807) is 0 Å². The molecule has 0 atom stereocenters. The first-order valence-electron chi connectivity index (χ1n) is 6.64. The van der Waals surface area contributed by atoms with Crippen LogP contribution in [0.25, 0.3) is 0 Å². The maximum atomic E-state index is 11.8. The van der Waals surface area contributed by atoms with Gasteiger partial charge in [0, 0.05) is 6.54 Å². The van der Waals surface area contributed by atoms with E-state index in [2.05, 4.69) is 10.6 Å². The molecule has 0 aliphatic carbocycles. The number of amides is 1. The molecule has 19 heavy (non-hydrogen) atoms. The Hall–Kier alpha value is -1.59. The molecule has 1 heterocycles. The first-order chi connectivity index (χ1) is 9.24. The number of ether oxygens (including phenoxy) is 1. The molecule has 1 amide bonds. The summed E-state index contributed by atoms with van der Waals surface area (Å²) >= 11 is 0. The van der Waals surface area contributed by atoms with Crippen molar-refractivity contribution in [1.82, 2.24) is 10.6 Å². The molecule has 1 saturated heterocycles. The van der Waals surface area contributed by atoms with Gasteiger partial charge in [-0.15, -0.1) is 0 Å². The fourth-order valence-corrected chi connectivity index (χ4v) is 2.26. The van der Waals surface area contributed by atoms with Crippen LogP contribution in [0.5, 0.6) is 0 Å². The molecule has 4 N–H and O–H groups in total. The first-order valence-corrected chi connectivity index (χ1v) is 6.64. The van der Waals surface area contributed by atoms with Crippen molar-refractivity contribution < 1.29 is 9.53 Å². The number of carbonyl (C=O) groups excluding carboxylic acids is 1. The van der Waals surface area contributed by atoms with Crippen LogP contribution >= 0.6 is 0 Å². The number of nitrogens with one attached hydrogen (secondary N) is 2. The summed E-state index contributed by atoms with van der Waals surface area (Å²) in [7, 11) is 0. The van der Waals surface area contributed by atoms with Crippen LogP contribution in [0.4, 0.5) is 4.79 Å². The highest BCUT2D eigenvalue weighted by atomic mass is 16.5. The summed E-state index contributed by atoms with van der Waals surface area (Å²) in [5.74, 6) is 0. The Bertz CT molecular complexity index is 402. The van der Waals surface area contributed by atoms with Gasteiger partial charge in [-0.05, 0) is 31.5 Å². The maximum absolute atomic E-state index is 11.8. The molecule has 0 aromatic heterocycles. The lowest BCUT2D eigenvalue weighted by atomic mass is 9.89. The summed E-state index contributed by atoms with van der Waals surface area (Å²) in [4.78, 5) is 11.8. The van der Waals surface area contributed by atoms with Crippen LogP contribution in [-0.4, -0.2) is 31.3 Å². The number of rotatable bonds is 4. The summed E-state index contributed by atoms with van der Waals surface area (Å²) in [6.07, 6.45) is 1.28. The van der Waals surface area contributed by atoms with Gasteiger partial charge in [0.05, 0.1) is 5.54 Å². The molecule has 1 aliphatic rings. The van der Waals surface area contributed by atoms with Crippen molar-refractivity contribution >= 4 is 6.09 Å². The van der Waals surface area contributed by atoms with Crippen molar-refractivity contribution in [3.05, 3.63) is 35.9 Å². The van der Waals surface area contributed by atoms with E-state index < -0.39 is 6.09 Å². The number of nitrogens with two attached hydrogens (primary N) is 1. The predicted octanol–water partition coefficient (Wildman–Crippen LogP) is 0.994. The van der Waals surface area contributed by atoms with Gasteiger partial charge in [-0.2, -0.15) is 0 Å². The molecule has 1 aromatic carbocycles. The third-order valence-electron chi connectivity index (χ3n) is 3.53. The minimum atomic E-state index is -0.392. The smallest absolute Gasteiger partial charge is 0.407 e. The number of hydrogen-bond acceptors (Lipinski definition) is 4. The Morgan fingerprint density at radius 2 is 2.00 bits per heavy atom. The monoisotopic (exact) mass is 263 g/mol. The zero-order valence-electron chi connectivity index (χ0n) is 11.0. The van der Waals surface area contributed by atoms with Crippen molar-refractivity contribution in [2.45, 2.75) is 25.0 Å². The van der Waals surface area contributed by atoms with Crippen molar-refractivity contribution in [3.8, 4) is 0 Å². The normalized spacial score (nSPS) is 17.7. The molecule has 5 nitrogen and oxygen atoms in total. The van der Waals surface area contributed by atoms with Gasteiger partial charge < -0.3 is 21.1 Å². The topological polar surface area (TPSA) is 76.4 Å². The maximum Gasteiger partial charge on any atom is 0.407 e. The fourth-order valence-electron chi connectivity index (χ4n) is 2.26. The zero-order valence-corrected chi connectivity index (χ0v) is 11.0. The summed E-state index contributed by atoms with van der Waals surface area (Å²) in [5, 5.41) is 6.18. The van der Waals surface area contributed by atoms with Gasteiger partial charge in [0.2, 0.25) is 0 Å². The van der Waals surface area contributed by atoms with Crippen LogP contribution in [0, 0.1) is 0 Å². The van der Waals surface area contributed by atoms with E-state index in [0.29, 0.717) is 6.54 Å². The SMILES string of the molecule is NCC1(NC(=O)OCc2ccccc2)CCNCC1. The van der Waals surface area contributed by atoms with E-state index in [1.165, 1.54) is 0 Å². The van der Waals surface area contributed by atoms with Gasteiger partial charge in [0.1, 0.15) is 6.61 Å². The van der Waals surface area contributed by atoms with Gasteiger partial charge >= 0.3 is 6.09 Å². The Kier molecular flexibility index (Phi) is 4.76. The Labute approximate surface area is 113 Å². The lowest BCUT2D eigenvalue weighted by Crippen LogP contribution is -2.58. The molecule has 5 heteroatoms. The van der Waals surface area contributed by atoms with Crippen LogP contribution in [0.3, 0.4) is 0 Å². The molecule has 1 aliphatic heterocycles. The van der Waals surface area contributed by atoms with Crippen molar-refractivity contribution in [2.24, 2.45) is 5.73 Å². The van der Waals surface area contributed by atoms with Gasteiger partial charge in [0.25, 0.3) is 0 Å². The third-order valence-corrected chi connectivity index (χ3v) is 3.53. The molecule has 0 saturated carbocycles. The van der Waals surface area contributed by atoms with Gasteiger partial charge in [-0.25, -0.2) is 4.79 Å². The molecule has 0 spiro atoms. The molecule has 1 fully saturated rings. The average molecular weight is 263 g/mol. The summed E-state index contributed by atoms with van der Waals surface area (Å²) in [6, 6.07) is 9.63. The fraction of sp³-hybridized carbons (Fsp3) is 0.500.